The number of benzene rings is 1. The lowest BCUT2D eigenvalue weighted by Gasteiger charge is -2.27. The largest absolute Gasteiger partial charge is 0.356 e. The van der Waals surface area contributed by atoms with Crippen LogP contribution in [0.1, 0.15) is 23.5 Å². The minimum Gasteiger partial charge on any atom is -0.356 e. The van der Waals surface area contributed by atoms with Gasteiger partial charge in [-0.15, -0.1) is 0 Å². The first-order valence-corrected chi connectivity index (χ1v) is 8.79. The zero-order chi connectivity index (χ0) is 15.0. The van der Waals surface area contributed by atoms with Crippen molar-refractivity contribution in [3.05, 3.63) is 58.3 Å². The molecule has 22 heavy (non-hydrogen) atoms. The van der Waals surface area contributed by atoms with Crippen molar-refractivity contribution in [2.24, 2.45) is 5.41 Å². The molecule has 4 heteroatoms. The fourth-order valence-corrected chi connectivity index (χ4v) is 4.71. The van der Waals surface area contributed by atoms with Crippen molar-refractivity contribution in [3.63, 3.8) is 0 Å². The summed E-state index contributed by atoms with van der Waals surface area (Å²) in [7, 11) is 0. The van der Waals surface area contributed by atoms with Gasteiger partial charge >= 0.3 is 0 Å². The Balaban J connectivity index is 1.64. The van der Waals surface area contributed by atoms with Crippen LogP contribution in [0.25, 0.3) is 0 Å². The molecule has 2 saturated heterocycles. The van der Waals surface area contributed by atoms with Crippen LogP contribution in [0.5, 0.6) is 0 Å². The van der Waals surface area contributed by atoms with Gasteiger partial charge in [-0.25, -0.2) is 0 Å². The number of hydrogen-bond donors (Lipinski definition) is 1. The molecule has 1 amide bonds. The lowest BCUT2D eigenvalue weighted by molar-refractivity contribution is -0.127. The van der Waals surface area contributed by atoms with Crippen LogP contribution in [0.3, 0.4) is 0 Å². The minimum atomic E-state index is -0.239. The number of carbonyl (C=O) groups is 1. The molecule has 1 aromatic heterocycles. The van der Waals surface area contributed by atoms with Gasteiger partial charge in [-0.2, -0.15) is 11.3 Å². The Morgan fingerprint density at radius 1 is 1.27 bits per heavy atom. The molecule has 2 aliphatic heterocycles. The van der Waals surface area contributed by atoms with Crippen molar-refractivity contribution in [2.45, 2.75) is 18.9 Å². The Bertz CT molecular complexity index is 655. The van der Waals surface area contributed by atoms with Gasteiger partial charge in [0.25, 0.3) is 0 Å². The van der Waals surface area contributed by atoms with Crippen LogP contribution in [0.4, 0.5) is 0 Å². The van der Waals surface area contributed by atoms with Gasteiger partial charge in [0.15, 0.2) is 0 Å². The number of nitrogens with zero attached hydrogens (tertiary/aromatic N) is 1. The summed E-state index contributed by atoms with van der Waals surface area (Å²) in [6.07, 6.45) is 0.950. The maximum absolute atomic E-state index is 12.6. The predicted octanol–water partition coefficient (Wildman–Crippen LogP) is 2.85. The first-order valence-electron chi connectivity index (χ1n) is 7.85. The summed E-state index contributed by atoms with van der Waals surface area (Å²) >= 11 is 1.74. The van der Waals surface area contributed by atoms with Crippen molar-refractivity contribution in [1.29, 1.82) is 0 Å². The molecule has 2 atom stereocenters. The van der Waals surface area contributed by atoms with E-state index < -0.39 is 0 Å². The van der Waals surface area contributed by atoms with Crippen LogP contribution in [-0.4, -0.2) is 30.4 Å². The molecule has 0 aliphatic carbocycles. The van der Waals surface area contributed by atoms with Crippen LogP contribution >= 0.6 is 11.3 Å². The number of hydrogen-bond acceptors (Lipinski definition) is 3. The zero-order valence-corrected chi connectivity index (χ0v) is 13.3. The Morgan fingerprint density at radius 3 is 2.82 bits per heavy atom. The van der Waals surface area contributed by atoms with Crippen LogP contribution < -0.4 is 5.32 Å². The average molecular weight is 312 g/mol. The topological polar surface area (TPSA) is 32.3 Å². The number of likely N-dealkylation sites (tertiary alicyclic amines) is 1. The fraction of sp³-hybridized carbons (Fsp3) is 0.389. The SMILES string of the molecule is O=C1NCC[C@]12CN(Cc1ccsc1)C[C@H]2c1ccccc1. The molecule has 3 heterocycles. The maximum Gasteiger partial charge on any atom is 0.228 e. The quantitative estimate of drug-likeness (QED) is 0.945. The lowest BCUT2D eigenvalue weighted by Crippen LogP contribution is -2.37. The van der Waals surface area contributed by atoms with Gasteiger partial charge in [-0.1, -0.05) is 30.3 Å². The molecule has 0 radical (unpaired) electrons. The molecular formula is C18H20N2OS. The highest BCUT2D eigenvalue weighted by Gasteiger charge is 2.54. The molecule has 0 bridgehead atoms. The highest BCUT2D eigenvalue weighted by Crippen LogP contribution is 2.47. The molecule has 0 saturated carbocycles. The molecule has 1 spiro atoms. The number of nitrogens with one attached hydrogen (secondary N) is 1. The van der Waals surface area contributed by atoms with E-state index >= 15 is 0 Å². The van der Waals surface area contributed by atoms with E-state index in [1.807, 2.05) is 6.07 Å². The van der Waals surface area contributed by atoms with Crippen molar-refractivity contribution in [2.75, 3.05) is 19.6 Å². The summed E-state index contributed by atoms with van der Waals surface area (Å²) in [5.41, 5.74) is 2.41. The smallest absolute Gasteiger partial charge is 0.228 e. The van der Waals surface area contributed by atoms with Crippen LogP contribution in [0.15, 0.2) is 47.2 Å². The van der Waals surface area contributed by atoms with Crippen LogP contribution in [-0.2, 0) is 11.3 Å². The number of carbonyl (C=O) groups excluding carboxylic acids is 1. The summed E-state index contributed by atoms with van der Waals surface area (Å²) in [5, 5.41) is 7.40. The highest BCUT2D eigenvalue weighted by molar-refractivity contribution is 7.07. The van der Waals surface area contributed by atoms with E-state index in [1.54, 1.807) is 11.3 Å². The van der Waals surface area contributed by atoms with Crippen LogP contribution in [0, 0.1) is 5.41 Å². The van der Waals surface area contributed by atoms with Gasteiger partial charge < -0.3 is 5.32 Å². The third-order valence-electron chi connectivity index (χ3n) is 5.11. The summed E-state index contributed by atoms with van der Waals surface area (Å²) < 4.78 is 0. The van der Waals surface area contributed by atoms with Gasteiger partial charge in [0, 0.05) is 32.1 Å². The van der Waals surface area contributed by atoms with Crippen LogP contribution in [0.2, 0.25) is 0 Å². The second kappa shape index (κ2) is 5.52. The predicted molar refractivity (Wildman–Crippen MR) is 88.8 cm³/mol. The second-order valence-electron chi connectivity index (χ2n) is 6.43. The monoisotopic (exact) mass is 312 g/mol. The summed E-state index contributed by atoms with van der Waals surface area (Å²) in [5.74, 6) is 0.545. The normalized spacial score (nSPS) is 28.4. The highest BCUT2D eigenvalue weighted by atomic mass is 32.1. The number of rotatable bonds is 3. The Hall–Kier alpha value is -1.65. The van der Waals surface area contributed by atoms with Gasteiger partial charge in [-0.3, -0.25) is 9.69 Å². The Labute approximate surface area is 135 Å². The molecule has 0 unspecified atom stereocenters. The van der Waals surface area contributed by atoms with E-state index in [0.717, 1.165) is 32.6 Å². The van der Waals surface area contributed by atoms with Gasteiger partial charge in [-0.05, 0) is 34.4 Å². The van der Waals surface area contributed by atoms with Crippen molar-refractivity contribution in [1.82, 2.24) is 10.2 Å². The Morgan fingerprint density at radius 2 is 2.14 bits per heavy atom. The van der Waals surface area contributed by atoms with E-state index in [9.17, 15) is 4.79 Å². The second-order valence-corrected chi connectivity index (χ2v) is 7.21. The first-order chi connectivity index (χ1) is 10.8. The van der Waals surface area contributed by atoms with E-state index in [2.05, 4.69) is 51.3 Å². The van der Waals surface area contributed by atoms with E-state index in [1.165, 1.54) is 11.1 Å². The van der Waals surface area contributed by atoms with E-state index in [4.69, 9.17) is 0 Å². The minimum absolute atomic E-state index is 0.239. The molecule has 3 nitrogen and oxygen atoms in total. The summed E-state index contributed by atoms with van der Waals surface area (Å²) in [6.45, 7) is 3.60. The van der Waals surface area contributed by atoms with Crippen molar-refractivity contribution in [3.8, 4) is 0 Å². The number of amides is 1. The van der Waals surface area contributed by atoms with Crippen molar-refractivity contribution < 1.29 is 4.79 Å². The van der Waals surface area contributed by atoms with Gasteiger partial charge in [0.2, 0.25) is 5.91 Å². The maximum atomic E-state index is 12.6. The first kappa shape index (κ1) is 14.0. The molecule has 1 N–H and O–H groups in total. The molecule has 2 aliphatic rings. The average Bonchev–Trinajstić information content (AvgIpc) is 3.25. The fourth-order valence-electron chi connectivity index (χ4n) is 4.05. The molecular weight excluding hydrogens is 292 g/mol. The zero-order valence-electron chi connectivity index (χ0n) is 12.5. The van der Waals surface area contributed by atoms with Crippen molar-refractivity contribution >= 4 is 17.2 Å². The van der Waals surface area contributed by atoms with E-state index in [0.29, 0.717) is 5.92 Å². The molecule has 114 valence electrons. The van der Waals surface area contributed by atoms with Gasteiger partial charge in [0.1, 0.15) is 0 Å². The summed E-state index contributed by atoms with van der Waals surface area (Å²) in [6, 6.07) is 12.7. The third-order valence-corrected chi connectivity index (χ3v) is 5.84. The lowest BCUT2D eigenvalue weighted by atomic mass is 9.73. The van der Waals surface area contributed by atoms with E-state index in [-0.39, 0.29) is 11.3 Å². The van der Waals surface area contributed by atoms with Gasteiger partial charge in [0.05, 0.1) is 5.41 Å². The molecule has 2 fully saturated rings. The third kappa shape index (κ3) is 2.27. The molecule has 2 aromatic rings. The molecule has 1 aromatic carbocycles. The Kier molecular flexibility index (Phi) is 3.51. The summed E-state index contributed by atoms with van der Waals surface area (Å²) in [4.78, 5) is 15.0. The molecule has 4 rings (SSSR count). The standard InChI is InChI=1S/C18H20N2OS/c21-17-18(7-8-19-17)13-20(10-14-6-9-22-12-14)11-16(18)15-4-2-1-3-5-15/h1-6,9,12,16H,7-8,10-11,13H2,(H,19,21)/t16-,18+/m0/s1. The number of thiophene rings is 1.